The number of benzene rings is 1. The van der Waals surface area contributed by atoms with E-state index < -0.39 is 0 Å². The SMILES string of the molecule is O=C(Nc1cccc(O)c1)[C@@H]1[C@@H]2C[C@@H]3[C@H]1C(=O)O[C@@H]3C2. The van der Waals surface area contributed by atoms with E-state index in [1.165, 1.54) is 6.07 Å². The Bertz CT molecular complexity index is 597. The normalized spacial score (nSPS) is 37.0. The predicted molar refractivity (Wildman–Crippen MR) is 69.8 cm³/mol. The van der Waals surface area contributed by atoms with Crippen molar-refractivity contribution in [3.05, 3.63) is 24.3 Å². The number of hydrogen-bond acceptors (Lipinski definition) is 4. The summed E-state index contributed by atoms with van der Waals surface area (Å²) < 4.78 is 5.33. The van der Waals surface area contributed by atoms with Gasteiger partial charge in [0.1, 0.15) is 11.9 Å². The largest absolute Gasteiger partial charge is 0.508 e. The monoisotopic (exact) mass is 273 g/mol. The molecule has 0 spiro atoms. The van der Waals surface area contributed by atoms with Crippen LogP contribution in [0.5, 0.6) is 5.75 Å². The molecule has 1 aromatic rings. The van der Waals surface area contributed by atoms with Crippen molar-refractivity contribution in [2.75, 3.05) is 5.32 Å². The van der Waals surface area contributed by atoms with Gasteiger partial charge in [-0.2, -0.15) is 0 Å². The number of amides is 1. The molecule has 5 atom stereocenters. The quantitative estimate of drug-likeness (QED) is 0.801. The van der Waals surface area contributed by atoms with Crippen LogP contribution in [0.2, 0.25) is 0 Å². The van der Waals surface area contributed by atoms with Gasteiger partial charge in [-0.1, -0.05) is 6.07 Å². The maximum Gasteiger partial charge on any atom is 0.310 e. The Balaban J connectivity index is 1.56. The van der Waals surface area contributed by atoms with E-state index >= 15 is 0 Å². The van der Waals surface area contributed by atoms with Crippen LogP contribution in [0.25, 0.3) is 0 Å². The standard InChI is InChI=1S/C15H15NO4/c17-9-3-1-2-8(6-9)16-14(18)12-7-4-10-11(5-7)20-15(19)13(10)12/h1-3,6-7,10-13,17H,4-5H2,(H,16,18)/t7-,10+,11-,12-,13-/m1/s1. The Morgan fingerprint density at radius 3 is 3.00 bits per heavy atom. The van der Waals surface area contributed by atoms with Crippen molar-refractivity contribution >= 4 is 17.6 Å². The summed E-state index contributed by atoms with van der Waals surface area (Å²) in [7, 11) is 0. The molecule has 20 heavy (non-hydrogen) atoms. The number of anilines is 1. The van der Waals surface area contributed by atoms with E-state index in [2.05, 4.69) is 5.32 Å². The zero-order valence-electron chi connectivity index (χ0n) is 10.8. The molecule has 5 nitrogen and oxygen atoms in total. The predicted octanol–water partition coefficient (Wildman–Crippen LogP) is 1.53. The fraction of sp³-hybridized carbons (Fsp3) is 0.467. The number of ether oxygens (including phenoxy) is 1. The number of hydrogen-bond donors (Lipinski definition) is 2. The molecule has 3 aliphatic rings. The molecule has 1 aromatic carbocycles. The number of phenols is 1. The lowest BCUT2D eigenvalue weighted by Crippen LogP contribution is -2.35. The van der Waals surface area contributed by atoms with Crippen molar-refractivity contribution in [2.45, 2.75) is 18.9 Å². The number of aromatic hydroxyl groups is 1. The van der Waals surface area contributed by atoms with E-state index in [0.29, 0.717) is 5.69 Å². The van der Waals surface area contributed by atoms with E-state index in [0.717, 1.165) is 12.8 Å². The molecule has 4 rings (SSSR count). The fourth-order valence-corrected chi connectivity index (χ4v) is 4.17. The number of rotatable bonds is 2. The van der Waals surface area contributed by atoms with Crippen LogP contribution in [0.4, 0.5) is 5.69 Å². The van der Waals surface area contributed by atoms with E-state index in [1.54, 1.807) is 18.2 Å². The van der Waals surface area contributed by atoms with Gasteiger partial charge in [0.2, 0.25) is 5.91 Å². The second kappa shape index (κ2) is 3.98. The summed E-state index contributed by atoms with van der Waals surface area (Å²) in [6.45, 7) is 0. The van der Waals surface area contributed by atoms with E-state index in [-0.39, 0.29) is 47.4 Å². The van der Waals surface area contributed by atoms with E-state index in [4.69, 9.17) is 4.74 Å². The lowest BCUT2D eigenvalue weighted by molar-refractivity contribution is -0.145. The van der Waals surface area contributed by atoms with Crippen LogP contribution in [-0.2, 0) is 14.3 Å². The average Bonchev–Trinajstić information content (AvgIpc) is 2.99. The molecule has 1 heterocycles. The molecule has 2 N–H and O–H groups in total. The van der Waals surface area contributed by atoms with Gasteiger partial charge < -0.3 is 15.2 Å². The van der Waals surface area contributed by atoms with Crippen molar-refractivity contribution in [3.63, 3.8) is 0 Å². The molecule has 1 saturated heterocycles. The minimum atomic E-state index is -0.284. The molecule has 2 saturated carbocycles. The Kier molecular flexibility index (Phi) is 2.34. The van der Waals surface area contributed by atoms with Crippen LogP contribution >= 0.6 is 0 Å². The zero-order valence-corrected chi connectivity index (χ0v) is 10.8. The first-order valence-electron chi connectivity index (χ1n) is 6.94. The van der Waals surface area contributed by atoms with Gasteiger partial charge in [-0.3, -0.25) is 9.59 Å². The molecule has 3 fully saturated rings. The van der Waals surface area contributed by atoms with Crippen molar-refractivity contribution in [1.29, 1.82) is 0 Å². The zero-order chi connectivity index (χ0) is 13.9. The van der Waals surface area contributed by atoms with Gasteiger partial charge in [-0.15, -0.1) is 0 Å². The summed E-state index contributed by atoms with van der Waals surface area (Å²) in [6.07, 6.45) is 1.77. The first kappa shape index (κ1) is 11.8. The highest BCUT2D eigenvalue weighted by atomic mass is 16.6. The molecule has 2 bridgehead atoms. The Morgan fingerprint density at radius 1 is 1.35 bits per heavy atom. The van der Waals surface area contributed by atoms with Crippen LogP contribution in [0.1, 0.15) is 12.8 Å². The molecule has 5 heteroatoms. The van der Waals surface area contributed by atoms with Crippen LogP contribution < -0.4 is 5.32 Å². The third kappa shape index (κ3) is 1.55. The van der Waals surface area contributed by atoms with Crippen LogP contribution in [0.3, 0.4) is 0 Å². The van der Waals surface area contributed by atoms with Crippen molar-refractivity contribution < 1.29 is 19.4 Å². The maximum atomic E-state index is 12.4. The third-order valence-corrected chi connectivity index (χ3v) is 4.90. The van der Waals surface area contributed by atoms with Crippen LogP contribution in [0.15, 0.2) is 24.3 Å². The molecule has 1 aliphatic heterocycles. The summed E-state index contributed by atoms with van der Waals surface area (Å²) >= 11 is 0. The molecule has 0 unspecified atom stereocenters. The fourth-order valence-electron chi connectivity index (χ4n) is 4.17. The first-order chi connectivity index (χ1) is 9.63. The summed E-state index contributed by atoms with van der Waals surface area (Å²) in [4.78, 5) is 24.3. The highest BCUT2D eigenvalue weighted by Gasteiger charge is 2.63. The first-order valence-corrected chi connectivity index (χ1v) is 6.94. The van der Waals surface area contributed by atoms with Gasteiger partial charge >= 0.3 is 5.97 Å². The topological polar surface area (TPSA) is 75.6 Å². The molecule has 0 aromatic heterocycles. The molecule has 1 amide bonds. The van der Waals surface area contributed by atoms with Crippen LogP contribution in [-0.4, -0.2) is 23.1 Å². The van der Waals surface area contributed by atoms with Gasteiger partial charge in [0.05, 0.1) is 11.8 Å². The van der Waals surface area contributed by atoms with Crippen LogP contribution in [0, 0.1) is 23.7 Å². The molecule has 2 aliphatic carbocycles. The van der Waals surface area contributed by atoms with Crippen molar-refractivity contribution in [1.82, 2.24) is 0 Å². The minimum Gasteiger partial charge on any atom is -0.508 e. The Hall–Kier alpha value is -2.04. The third-order valence-electron chi connectivity index (χ3n) is 4.90. The maximum absolute atomic E-state index is 12.4. The average molecular weight is 273 g/mol. The van der Waals surface area contributed by atoms with E-state index in [1.807, 2.05) is 0 Å². The highest BCUT2D eigenvalue weighted by Crippen LogP contribution is 2.57. The summed E-state index contributed by atoms with van der Waals surface area (Å²) in [5, 5.41) is 12.2. The van der Waals surface area contributed by atoms with E-state index in [9.17, 15) is 14.7 Å². The summed E-state index contributed by atoms with van der Waals surface area (Å²) in [6, 6.07) is 6.44. The molecule has 104 valence electrons. The number of carbonyl (C=O) groups is 2. The second-order valence-electron chi connectivity index (χ2n) is 5.96. The van der Waals surface area contributed by atoms with Gasteiger partial charge in [0.15, 0.2) is 0 Å². The molecule has 0 radical (unpaired) electrons. The number of phenolic OH excluding ortho intramolecular Hbond substituents is 1. The van der Waals surface area contributed by atoms with Crippen molar-refractivity contribution in [2.24, 2.45) is 23.7 Å². The highest BCUT2D eigenvalue weighted by molar-refractivity contribution is 5.97. The number of fused-ring (bicyclic) bond motifs is 1. The lowest BCUT2D eigenvalue weighted by Gasteiger charge is -2.23. The molecular formula is C15H15NO4. The number of nitrogens with one attached hydrogen (secondary N) is 1. The number of esters is 1. The Labute approximate surface area is 115 Å². The second-order valence-corrected chi connectivity index (χ2v) is 5.96. The summed E-state index contributed by atoms with van der Waals surface area (Å²) in [5.41, 5.74) is 0.556. The summed E-state index contributed by atoms with van der Waals surface area (Å²) in [5.74, 6) is -0.312. The van der Waals surface area contributed by atoms with Gasteiger partial charge in [-0.05, 0) is 30.9 Å². The smallest absolute Gasteiger partial charge is 0.310 e. The number of carbonyl (C=O) groups excluding carboxylic acids is 2. The van der Waals surface area contributed by atoms with Gasteiger partial charge in [0.25, 0.3) is 0 Å². The molecular weight excluding hydrogens is 258 g/mol. The van der Waals surface area contributed by atoms with Crippen molar-refractivity contribution in [3.8, 4) is 5.75 Å². The minimum absolute atomic E-state index is 0.0438. The Morgan fingerprint density at radius 2 is 2.20 bits per heavy atom. The van der Waals surface area contributed by atoms with Gasteiger partial charge in [0, 0.05) is 17.7 Å². The van der Waals surface area contributed by atoms with Gasteiger partial charge in [-0.25, -0.2) is 0 Å². The lowest BCUT2D eigenvalue weighted by atomic mass is 9.79.